The van der Waals surface area contributed by atoms with E-state index in [1.807, 2.05) is 25.1 Å². The second-order valence-corrected chi connectivity index (χ2v) is 5.31. The fourth-order valence-corrected chi connectivity index (χ4v) is 2.24. The summed E-state index contributed by atoms with van der Waals surface area (Å²) in [5.74, 6) is 0. The average molecular weight is 275 g/mol. The fraction of sp³-hybridized carbons (Fsp3) is 0.294. The molecule has 0 aromatic heterocycles. The Bertz CT molecular complexity index is 546. The summed E-state index contributed by atoms with van der Waals surface area (Å²) in [6.45, 7) is 4.09. The molecule has 1 nitrogen and oxygen atoms in total. The standard InChI is InChI=1S/C17H19ClO/c1-3-13-4-6-14(7-5-13)11-17(19)15-8-9-16(18)12(2)10-15/h4-10,17,19H,3,11H2,1-2H3. The quantitative estimate of drug-likeness (QED) is 0.871. The maximum atomic E-state index is 10.3. The Kier molecular flexibility index (Phi) is 4.62. The number of hydrogen-bond acceptors (Lipinski definition) is 1. The van der Waals surface area contributed by atoms with Crippen molar-refractivity contribution >= 4 is 11.6 Å². The zero-order valence-corrected chi connectivity index (χ0v) is 12.1. The Hall–Kier alpha value is -1.31. The molecule has 0 spiro atoms. The molecule has 0 radical (unpaired) electrons. The molecule has 0 saturated heterocycles. The van der Waals surface area contributed by atoms with Crippen molar-refractivity contribution < 1.29 is 5.11 Å². The number of rotatable bonds is 4. The maximum Gasteiger partial charge on any atom is 0.0830 e. The highest BCUT2D eigenvalue weighted by Crippen LogP contribution is 2.23. The topological polar surface area (TPSA) is 20.2 Å². The Labute approximate surface area is 119 Å². The van der Waals surface area contributed by atoms with Crippen LogP contribution in [0.5, 0.6) is 0 Å². The lowest BCUT2D eigenvalue weighted by atomic mass is 9.99. The van der Waals surface area contributed by atoms with Gasteiger partial charge in [0, 0.05) is 11.4 Å². The van der Waals surface area contributed by atoms with Crippen molar-refractivity contribution in [2.24, 2.45) is 0 Å². The Balaban J connectivity index is 2.10. The van der Waals surface area contributed by atoms with Crippen molar-refractivity contribution in [3.63, 3.8) is 0 Å². The summed E-state index contributed by atoms with van der Waals surface area (Å²) >= 11 is 6.00. The van der Waals surface area contributed by atoms with E-state index in [0.29, 0.717) is 6.42 Å². The van der Waals surface area contributed by atoms with E-state index < -0.39 is 6.10 Å². The van der Waals surface area contributed by atoms with Gasteiger partial charge in [0.2, 0.25) is 0 Å². The maximum absolute atomic E-state index is 10.3. The summed E-state index contributed by atoms with van der Waals surface area (Å²) in [6, 6.07) is 14.1. The number of aryl methyl sites for hydroxylation is 2. The van der Waals surface area contributed by atoms with Gasteiger partial charge < -0.3 is 5.11 Å². The first-order chi connectivity index (χ1) is 9.10. The van der Waals surface area contributed by atoms with E-state index in [0.717, 1.165) is 28.1 Å². The molecule has 2 aromatic carbocycles. The average Bonchev–Trinajstić information content (AvgIpc) is 2.42. The van der Waals surface area contributed by atoms with Crippen molar-refractivity contribution in [2.45, 2.75) is 32.8 Å². The minimum Gasteiger partial charge on any atom is -0.388 e. The van der Waals surface area contributed by atoms with E-state index in [9.17, 15) is 5.11 Å². The molecule has 0 fully saturated rings. The number of halogens is 1. The van der Waals surface area contributed by atoms with Gasteiger partial charge in [-0.15, -0.1) is 0 Å². The molecule has 19 heavy (non-hydrogen) atoms. The fourth-order valence-electron chi connectivity index (χ4n) is 2.13. The summed E-state index contributed by atoms with van der Waals surface area (Å²) in [4.78, 5) is 0. The van der Waals surface area contributed by atoms with Gasteiger partial charge in [-0.25, -0.2) is 0 Å². The Morgan fingerprint density at radius 3 is 2.26 bits per heavy atom. The molecule has 2 rings (SSSR count). The molecule has 0 saturated carbocycles. The molecule has 0 amide bonds. The van der Waals surface area contributed by atoms with Gasteiger partial charge in [-0.05, 0) is 41.7 Å². The lowest BCUT2D eigenvalue weighted by Gasteiger charge is -2.12. The predicted molar refractivity (Wildman–Crippen MR) is 80.7 cm³/mol. The number of benzene rings is 2. The van der Waals surface area contributed by atoms with Crippen LogP contribution in [0.3, 0.4) is 0 Å². The first-order valence-electron chi connectivity index (χ1n) is 6.62. The Morgan fingerprint density at radius 1 is 1.05 bits per heavy atom. The van der Waals surface area contributed by atoms with Gasteiger partial charge >= 0.3 is 0 Å². The van der Waals surface area contributed by atoms with Crippen molar-refractivity contribution in [1.29, 1.82) is 0 Å². The zero-order chi connectivity index (χ0) is 13.8. The molecule has 0 aliphatic heterocycles. The highest BCUT2D eigenvalue weighted by molar-refractivity contribution is 6.31. The van der Waals surface area contributed by atoms with Gasteiger partial charge in [0.15, 0.2) is 0 Å². The number of aliphatic hydroxyl groups excluding tert-OH is 1. The summed E-state index contributed by atoms with van der Waals surface area (Å²) in [7, 11) is 0. The van der Waals surface area contributed by atoms with Crippen molar-refractivity contribution in [3.8, 4) is 0 Å². The predicted octanol–water partition coefficient (Wildman–Crippen LogP) is 4.49. The zero-order valence-electron chi connectivity index (χ0n) is 11.4. The summed E-state index contributed by atoms with van der Waals surface area (Å²) in [5.41, 5.74) is 4.39. The smallest absolute Gasteiger partial charge is 0.0830 e. The lowest BCUT2D eigenvalue weighted by Crippen LogP contribution is -2.02. The summed E-state index contributed by atoms with van der Waals surface area (Å²) in [5, 5.41) is 11.0. The van der Waals surface area contributed by atoms with Crippen LogP contribution in [0, 0.1) is 6.92 Å². The highest BCUT2D eigenvalue weighted by Gasteiger charge is 2.09. The molecular formula is C17H19ClO. The molecule has 0 aliphatic carbocycles. The van der Waals surface area contributed by atoms with Crippen LogP contribution in [0.15, 0.2) is 42.5 Å². The number of aliphatic hydroxyl groups is 1. The van der Waals surface area contributed by atoms with E-state index in [4.69, 9.17) is 11.6 Å². The first kappa shape index (κ1) is 14.1. The van der Waals surface area contributed by atoms with Gasteiger partial charge in [0.05, 0.1) is 6.10 Å². The third kappa shape index (κ3) is 3.59. The van der Waals surface area contributed by atoms with Crippen LogP contribution in [0.2, 0.25) is 5.02 Å². The SMILES string of the molecule is CCc1ccc(CC(O)c2ccc(Cl)c(C)c2)cc1. The van der Waals surface area contributed by atoms with Gasteiger partial charge in [-0.3, -0.25) is 0 Å². The van der Waals surface area contributed by atoms with Crippen molar-refractivity contribution in [2.75, 3.05) is 0 Å². The van der Waals surface area contributed by atoms with Crippen LogP contribution >= 0.6 is 11.6 Å². The molecule has 0 bridgehead atoms. The third-order valence-corrected chi connectivity index (χ3v) is 3.85. The van der Waals surface area contributed by atoms with E-state index in [1.165, 1.54) is 5.56 Å². The molecule has 2 heteroatoms. The van der Waals surface area contributed by atoms with Crippen LogP contribution < -0.4 is 0 Å². The monoisotopic (exact) mass is 274 g/mol. The summed E-state index contributed by atoms with van der Waals surface area (Å²) < 4.78 is 0. The van der Waals surface area contributed by atoms with Crippen LogP contribution in [0.25, 0.3) is 0 Å². The van der Waals surface area contributed by atoms with E-state index in [1.54, 1.807) is 0 Å². The van der Waals surface area contributed by atoms with Gasteiger partial charge in [0.25, 0.3) is 0 Å². The third-order valence-electron chi connectivity index (χ3n) is 3.43. The molecule has 1 unspecified atom stereocenters. The molecular weight excluding hydrogens is 256 g/mol. The molecule has 0 heterocycles. The van der Waals surface area contributed by atoms with Crippen LogP contribution in [0.4, 0.5) is 0 Å². The lowest BCUT2D eigenvalue weighted by molar-refractivity contribution is 0.178. The molecule has 1 atom stereocenters. The highest BCUT2D eigenvalue weighted by atomic mass is 35.5. The Morgan fingerprint density at radius 2 is 1.68 bits per heavy atom. The summed E-state index contributed by atoms with van der Waals surface area (Å²) in [6.07, 6.45) is 1.19. The van der Waals surface area contributed by atoms with E-state index in [-0.39, 0.29) is 0 Å². The second-order valence-electron chi connectivity index (χ2n) is 4.90. The van der Waals surface area contributed by atoms with Gasteiger partial charge in [-0.1, -0.05) is 54.9 Å². The minimum atomic E-state index is -0.483. The molecule has 2 aromatic rings. The van der Waals surface area contributed by atoms with Crippen molar-refractivity contribution in [3.05, 3.63) is 69.7 Å². The van der Waals surface area contributed by atoms with Gasteiger partial charge in [-0.2, -0.15) is 0 Å². The molecule has 1 N–H and O–H groups in total. The van der Waals surface area contributed by atoms with E-state index in [2.05, 4.69) is 31.2 Å². The largest absolute Gasteiger partial charge is 0.388 e. The van der Waals surface area contributed by atoms with Crippen LogP contribution in [0.1, 0.15) is 35.3 Å². The van der Waals surface area contributed by atoms with Crippen molar-refractivity contribution in [1.82, 2.24) is 0 Å². The normalized spacial score (nSPS) is 12.4. The first-order valence-corrected chi connectivity index (χ1v) is 7.00. The minimum absolute atomic E-state index is 0.483. The van der Waals surface area contributed by atoms with Crippen LogP contribution in [-0.2, 0) is 12.8 Å². The van der Waals surface area contributed by atoms with Gasteiger partial charge in [0.1, 0.15) is 0 Å². The number of hydrogen-bond donors (Lipinski definition) is 1. The molecule has 100 valence electrons. The van der Waals surface area contributed by atoms with Crippen LogP contribution in [-0.4, -0.2) is 5.11 Å². The second kappa shape index (κ2) is 6.23. The van der Waals surface area contributed by atoms with E-state index >= 15 is 0 Å². The molecule has 0 aliphatic rings.